The van der Waals surface area contributed by atoms with Crippen LogP contribution in [-0.4, -0.2) is 33.5 Å². The minimum atomic E-state index is -0.444. The molecule has 0 spiro atoms. The predicted octanol–water partition coefficient (Wildman–Crippen LogP) is 4.64. The van der Waals surface area contributed by atoms with Crippen LogP contribution in [0.25, 0.3) is 11.3 Å². The number of aromatic amines is 1. The van der Waals surface area contributed by atoms with E-state index in [9.17, 15) is 9.59 Å². The fourth-order valence-electron chi connectivity index (χ4n) is 3.44. The molecular weight excluding hydrogens is 412 g/mol. The lowest BCUT2D eigenvalue weighted by Gasteiger charge is -2.10. The molecule has 0 aliphatic heterocycles. The van der Waals surface area contributed by atoms with E-state index in [1.165, 1.54) is 24.0 Å². The van der Waals surface area contributed by atoms with Crippen molar-refractivity contribution in [1.82, 2.24) is 14.5 Å². The number of rotatable bonds is 6. The van der Waals surface area contributed by atoms with Crippen molar-refractivity contribution in [3.8, 4) is 11.3 Å². The third kappa shape index (κ3) is 4.29. The minimum Gasteiger partial charge on any atom is -0.464 e. The summed E-state index contributed by atoms with van der Waals surface area (Å²) in [5, 5.41) is 5.21. The Kier molecular flexibility index (Phi) is 5.73. The molecule has 0 atom stereocenters. The van der Waals surface area contributed by atoms with Crippen LogP contribution in [0, 0.1) is 13.8 Å². The first-order chi connectivity index (χ1) is 15.0. The maximum Gasteiger partial charge on any atom is 0.354 e. The van der Waals surface area contributed by atoms with Crippen molar-refractivity contribution < 1.29 is 14.3 Å². The highest BCUT2D eigenvalue weighted by atomic mass is 32.1. The maximum absolute atomic E-state index is 12.9. The number of nitrogens with one attached hydrogen (secondary N) is 2. The van der Waals surface area contributed by atoms with Crippen LogP contribution in [0.4, 0.5) is 5.13 Å². The summed E-state index contributed by atoms with van der Waals surface area (Å²) in [6.45, 7) is 4.66. The van der Waals surface area contributed by atoms with Gasteiger partial charge in [0.25, 0.3) is 5.91 Å². The summed E-state index contributed by atoms with van der Waals surface area (Å²) < 4.78 is 6.84. The zero-order valence-corrected chi connectivity index (χ0v) is 18.2. The Morgan fingerprint density at radius 3 is 2.71 bits per heavy atom. The summed E-state index contributed by atoms with van der Waals surface area (Å²) in [5.74, 6) is -0.640. The van der Waals surface area contributed by atoms with Crippen LogP contribution in [0.2, 0.25) is 0 Å². The monoisotopic (exact) mass is 434 g/mol. The van der Waals surface area contributed by atoms with Gasteiger partial charge in [0, 0.05) is 35.1 Å². The summed E-state index contributed by atoms with van der Waals surface area (Å²) in [7, 11) is 1.33. The number of H-pyrrole nitrogens is 1. The predicted molar refractivity (Wildman–Crippen MR) is 121 cm³/mol. The number of thiazole rings is 1. The Morgan fingerprint density at radius 2 is 1.97 bits per heavy atom. The number of hydrogen-bond donors (Lipinski definition) is 2. The number of ether oxygens (including phenoxy) is 1. The molecule has 0 fully saturated rings. The Bertz CT molecular complexity index is 1240. The third-order valence-corrected chi connectivity index (χ3v) is 5.87. The molecule has 4 rings (SSSR count). The highest BCUT2D eigenvalue weighted by Gasteiger charge is 2.18. The molecule has 8 heteroatoms. The van der Waals surface area contributed by atoms with E-state index in [-0.39, 0.29) is 5.91 Å². The molecule has 0 aliphatic rings. The van der Waals surface area contributed by atoms with Gasteiger partial charge in [0.05, 0.1) is 18.4 Å². The van der Waals surface area contributed by atoms with E-state index in [0.29, 0.717) is 28.6 Å². The Morgan fingerprint density at radius 1 is 1.19 bits per heavy atom. The van der Waals surface area contributed by atoms with Crippen LogP contribution in [0.1, 0.15) is 37.8 Å². The SMILES string of the molecule is COC(=O)c1cc(-c2csc(NC(=O)c3cc(C)n(Cc4ccccc4)c3C)n2)c[nH]1. The Hall–Kier alpha value is -3.65. The van der Waals surface area contributed by atoms with Gasteiger partial charge in [0.1, 0.15) is 5.69 Å². The van der Waals surface area contributed by atoms with Gasteiger partial charge in [0.2, 0.25) is 0 Å². The molecule has 7 nitrogen and oxygen atoms in total. The van der Waals surface area contributed by atoms with E-state index in [1.807, 2.05) is 43.5 Å². The van der Waals surface area contributed by atoms with Gasteiger partial charge >= 0.3 is 5.97 Å². The van der Waals surface area contributed by atoms with Crippen molar-refractivity contribution in [1.29, 1.82) is 0 Å². The van der Waals surface area contributed by atoms with E-state index in [1.54, 1.807) is 12.3 Å². The van der Waals surface area contributed by atoms with E-state index in [2.05, 4.69) is 32.0 Å². The van der Waals surface area contributed by atoms with Gasteiger partial charge in [-0.15, -0.1) is 11.3 Å². The van der Waals surface area contributed by atoms with Crippen molar-refractivity contribution in [2.45, 2.75) is 20.4 Å². The summed E-state index contributed by atoms with van der Waals surface area (Å²) >= 11 is 1.33. The number of aromatic nitrogens is 3. The lowest BCUT2D eigenvalue weighted by Crippen LogP contribution is -2.13. The summed E-state index contributed by atoms with van der Waals surface area (Å²) in [6, 6.07) is 13.7. The number of esters is 1. The van der Waals surface area contributed by atoms with Crippen LogP contribution < -0.4 is 5.32 Å². The van der Waals surface area contributed by atoms with Gasteiger partial charge in [0.15, 0.2) is 5.13 Å². The lowest BCUT2D eigenvalue weighted by molar-refractivity contribution is 0.0594. The quantitative estimate of drug-likeness (QED) is 0.433. The van der Waals surface area contributed by atoms with Gasteiger partial charge in [-0.3, -0.25) is 10.1 Å². The smallest absolute Gasteiger partial charge is 0.354 e. The number of amides is 1. The number of aryl methyl sites for hydroxylation is 1. The number of anilines is 1. The number of carbonyl (C=O) groups is 2. The summed E-state index contributed by atoms with van der Waals surface area (Å²) in [5.41, 5.74) is 5.50. The summed E-state index contributed by atoms with van der Waals surface area (Å²) in [4.78, 5) is 31.9. The fourth-order valence-corrected chi connectivity index (χ4v) is 4.15. The number of hydrogen-bond acceptors (Lipinski definition) is 5. The Balaban J connectivity index is 1.50. The molecule has 0 aliphatic carbocycles. The van der Waals surface area contributed by atoms with Gasteiger partial charge in [-0.1, -0.05) is 30.3 Å². The largest absolute Gasteiger partial charge is 0.464 e. The number of carbonyl (C=O) groups excluding carboxylic acids is 2. The first kappa shape index (κ1) is 20.6. The van der Waals surface area contributed by atoms with Crippen molar-refractivity contribution in [2.24, 2.45) is 0 Å². The lowest BCUT2D eigenvalue weighted by atomic mass is 10.2. The minimum absolute atomic E-state index is 0.197. The summed E-state index contributed by atoms with van der Waals surface area (Å²) in [6.07, 6.45) is 1.68. The van der Waals surface area contributed by atoms with Crippen molar-refractivity contribution >= 4 is 28.3 Å². The van der Waals surface area contributed by atoms with Crippen molar-refractivity contribution in [3.63, 3.8) is 0 Å². The molecule has 3 heterocycles. The van der Waals surface area contributed by atoms with Crippen LogP contribution in [-0.2, 0) is 11.3 Å². The van der Waals surface area contributed by atoms with Crippen LogP contribution in [0.15, 0.2) is 54.0 Å². The van der Waals surface area contributed by atoms with Crippen molar-refractivity contribution in [2.75, 3.05) is 12.4 Å². The standard InChI is InChI=1S/C23H22N4O3S/c1-14-9-18(15(2)27(14)12-16-7-5-4-6-8-16)21(28)26-23-25-20(13-31-23)17-10-19(24-11-17)22(29)30-3/h4-11,13,24H,12H2,1-3H3,(H,25,26,28). The number of methoxy groups -OCH3 is 1. The van der Waals surface area contributed by atoms with Crippen molar-refractivity contribution in [3.05, 3.63) is 82.3 Å². The molecule has 1 aromatic carbocycles. The van der Waals surface area contributed by atoms with E-state index < -0.39 is 5.97 Å². The van der Waals surface area contributed by atoms with Gasteiger partial charge in [-0.2, -0.15) is 0 Å². The van der Waals surface area contributed by atoms with Crippen LogP contribution in [0.5, 0.6) is 0 Å². The molecular formula is C23H22N4O3S. The highest BCUT2D eigenvalue weighted by molar-refractivity contribution is 7.14. The van der Waals surface area contributed by atoms with Gasteiger partial charge in [-0.05, 0) is 31.5 Å². The second kappa shape index (κ2) is 8.61. The van der Waals surface area contributed by atoms with E-state index in [4.69, 9.17) is 4.74 Å². The molecule has 0 saturated carbocycles. The highest BCUT2D eigenvalue weighted by Crippen LogP contribution is 2.27. The van der Waals surface area contributed by atoms with Crippen LogP contribution >= 0.6 is 11.3 Å². The van der Waals surface area contributed by atoms with E-state index >= 15 is 0 Å². The normalized spacial score (nSPS) is 10.8. The molecule has 2 N–H and O–H groups in total. The maximum atomic E-state index is 12.9. The molecule has 4 aromatic rings. The topological polar surface area (TPSA) is 89.0 Å². The second-order valence-corrected chi connectivity index (χ2v) is 8.00. The second-order valence-electron chi connectivity index (χ2n) is 7.14. The fraction of sp³-hybridized carbons (Fsp3) is 0.174. The number of nitrogens with zero attached hydrogens (tertiary/aromatic N) is 2. The third-order valence-electron chi connectivity index (χ3n) is 5.11. The number of benzene rings is 1. The zero-order chi connectivity index (χ0) is 22.0. The van der Waals surface area contributed by atoms with E-state index in [0.717, 1.165) is 17.0 Å². The molecule has 158 valence electrons. The van der Waals surface area contributed by atoms with Gasteiger partial charge in [-0.25, -0.2) is 9.78 Å². The Labute approximate surface area is 183 Å². The van der Waals surface area contributed by atoms with Gasteiger partial charge < -0.3 is 14.3 Å². The molecule has 0 radical (unpaired) electrons. The molecule has 3 aromatic heterocycles. The first-order valence-corrected chi connectivity index (χ1v) is 10.6. The average molecular weight is 435 g/mol. The first-order valence-electron chi connectivity index (χ1n) is 9.71. The molecule has 0 bridgehead atoms. The van der Waals surface area contributed by atoms with Crippen LogP contribution in [0.3, 0.4) is 0 Å². The average Bonchev–Trinajstić information content (AvgIpc) is 3.50. The molecule has 31 heavy (non-hydrogen) atoms. The molecule has 1 amide bonds. The molecule has 0 saturated heterocycles. The molecule has 0 unspecified atom stereocenters. The zero-order valence-electron chi connectivity index (χ0n) is 17.4.